The summed E-state index contributed by atoms with van der Waals surface area (Å²) < 4.78 is 43.0. The highest BCUT2D eigenvalue weighted by Gasteiger charge is 2.23. The smallest absolute Gasteiger partial charge is 0.240 e. The Morgan fingerprint density at radius 3 is 2.76 bits per heavy atom. The van der Waals surface area contributed by atoms with Crippen LogP contribution >= 0.6 is 0 Å². The Bertz CT molecular complexity index is 1130. The zero-order chi connectivity index (χ0) is 20.4. The predicted molar refractivity (Wildman–Crippen MR) is 108 cm³/mol. The summed E-state index contributed by atoms with van der Waals surface area (Å²) in [6.07, 6.45) is 5.86. The average Bonchev–Trinajstić information content (AvgIpc) is 3.07. The molecule has 0 fully saturated rings. The fourth-order valence-corrected chi connectivity index (χ4v) is 5.09. The number of pyridine rings is 1. The largest absolute Gasteiger partial charge is 0.267 e. The highest BCUT2D eigenvalue weighted by molar-refractivity contribution is 7.89. The second kappa shape index (κ2) is 8.04. The van der Waals surface area contributed by atoms with Gasteiger partial charge in [-0.1, -0.05) is 6.07 Å². The number of hydrogen-bond acceptors (Lipinski definition) is 4. The second-order valence-corrected chi connectivity index (χ2v) is 8.96. The summed E-state index contributed by atoms with van der Waals surface area (Å²) in [5.41, 5.74) is 4.48. The van der Waals surface area contributed by atoms with Gasteiger partial charge in [0.1, 0.15) is 11.5 Å². The van der Waals surface area contributed by atoms with Gasteiger partial charge in [-0.3, -0.25) is 9.67 Å². The van der Waals surface area contributed by atoms with Gasteiger partial charge in [0.25, 0.3) is 0 Å². The van der Waals surface area contributed by atoms with Gasteiger partial charge in [-0.05, 0) is 68.5 Å². The molecule has 0 atom stereocenters. The Morgan fingerprint density at radius 2 is 2.00 bits per heavy atom. The molecule has 152 valence electrons. The van der Waals surface area contributed by atoms with Crippen molar-refractivity contribution < 1.29 is 12.8 Å². The number of aromatic nitrogens is 3. The fraction of sp³-hybridized carbons (Fsp3) is 0.333. The summed E-state index contributed by atoms with van der Waals surface area (Å²) in [5.74, 6) is -0.452. The summed E-state index contributed by atoms with van der Waals surface area (Å²) >= 11 is 0. The minimum absolute atomic E-state index is 0.0931. The van der Waals surface area contributed by atoms with Crippen LogP contribution in [0.4, 0.5) is 4.39 Å². The number of sulfonamides is 1. The number of nitrogens with one attached hydrogen (secondary N) is 1. The summed E-state index contributed by atoms with van der Waals surface area (Å²) in [7, 11) is -3.71. The van der Waals surface area contributed by atoms with Crippen LogP contribution in [0.3, 0.4) is 0 Å². The molecule has 0 aliphatic heterocycles. The van der Waals surface area contributed by atoms with Crippen LogP contribution < -0.4 is 4.72 Å². The molecule has 0 amide bonds. The fourth-order valence-electron chi connectivity index (χ4n) is 3.84. The minimum Gasteiger partial charge on any atom is -0.267 e. The summed E-state index contributed by atoms with van der Waals surface area (Å²) in [5, 5.41) is 4.75. The van der Waals surface area contributed by atoms with E-state index in [9.17, 15) is 12.8 Å². The van der Waals surface area contributed by atoms with Crippen LogP contribution in [0, 0.1) is 12.7 Å². The third-order valence-electron chi connectivity index (χ3n) is 5.21. The third kappa shape index (κ3) is 4.09. The van der Waals surface area contributed by atoms with E-state index in [1.807, 2.05) is 22.9 Å². The van der Waals surface area contributed by atoms with E-state index in [-0.39, 0.29) is 11.4 Å². The number of fused-ring (bicyclic) bond motifs is 1. The molecule has 1 aliphatic carbocycles. The molecule has 2 aromatic heterocycles. The molecule has 3 aromatic rings. The maximum Gasteiger partial charge on any atom is 0.240 e. The van der Waals surface area contributed by atoms with E-state index in [2.05, 4.69) is 9.71 Å². The molecular formula is C21H23FN4O2S. The van der Waals surface area contributed by atoms with E-state index in [0.717, 1.165) is 48.8 Å². The Balaban J connectivity index is 1.54. The quantitative estimate of drug-likeness (QED) is 0.672. The number of hydrogen-bond donors (Lipinski definition) is 1. The van der Waals surface area contributed by atoms with Crippen molar-refractivity contribution in [3.8, 4) is 11.4 Å². The Kier molecular flexibility index (Phi) is 5.47. The van der Waals surface area contributed by atoms with Crippen LogP contribution in [0.25, 0.3) is 11.4 Å². The van der Waals surface area contributed by atoms with E-state index >= 15 is 0 Å². The number of halogens is 1. The van der Waals surface area contributed by atoms with Gasteiger partial charge in [-0.2, -0.15) is 5.10 Å². The maximum atomic E-state index is 13.3. The van der Waals surface area contributed by atoms with Crippen molar-refractivity contribution in [2.24, 2.45) is 0 Å². The molecule has 1 aromatic carbocycles. The van der Waals surface area contributed by atoms with Crippen LogP contribution in [0.15, 0.2) is 47.5 Å². The van der Waals surface area contributed by atoms with Gasteiger partial charge in [0, 0.05) is 24.0 Å². The van der Waals surface area contributed by atoms with Gasteiger partial charge in [0.15, 0.2) is 0 Å². The molecule has 2 heterocycles. The molecular weight excluding hydrogens is 391 g/mol. The molecule has 1 N–H and O–H groups in total. The molecule has 4 rings (SSSR count). The third-order valence-corrected chi connectivity index (χ3v) is 6.83. The summed E-state index contributed by atoms with van der Waals surface area (Å²) in [6.45, 7) is 2.21. The lowest BCUT2D eigenvalue weighted by Crippen LogP contribution is -2.29. The van der Waals surface area contributed by atoms with Crippen LogP contribution in [-0.2, 0) is 29.4 Å². The van der Waals surface area contributed by atoms with Gasteiger partial charge in [0.2, 0.25) is 10.0 Å². The SMILES string of the molecule is Cc1cc(F)ccc1S(=O)(=O)NCCn1nc(-c2ccccn2)c2c1CCCC2. The molecule has 0 bridgehead atoms. The van der Waals surface area contributed by atoms with Gasteiger partial charge < -0.3 is 0 Å². The van der Waals surface area contributed by atoms with E-state index in [1.54, 1.807) is 13.1 Å². The highest BCUT2D eigenvalue weighted by atomic mass is 32.2. The van der Waals surface area contributed by atoms with E-state index in [4.69, 9.17) is 5.10 Å². The maximum absolute atomic E-state index is 13.3. The van der Waals surface area contributed by atoms with Crippen molar-refractivity contribution in [3.05, 3.63) is 65.2 Å². The number of aryl methyl sites for hydroxylation is 1. The Labute approximate surface area is 169 Å². The zero-order valence-corrected chi connectivity index (χ0v) is 17.0. The number of nitrogens with zero attached hydrogens (tertiary/aromatic N) is 3. The molecule has 8 heteroatoms. The van der Waals surface area contributed by atoms with E-state index < -0.39 is 15.8 Å². The topological polar surface area (TPSA) is 76.9 Å². The molecule has 0 saturated carbocycles. The van der Waals surface area contributed by atoms with Crippen molar-refractivity contribution in [3.63, 3.8) is 0 Å². The Morgan fingerprint density at radius 1 is 1.17 bits per heavy atom. The van der Waals surface area contributed by atoms with Crippen LogP contribution in [0.5, 0.6) is 0 Å². The van der Waals surface area contributed by atoms with E-state index in [0.29, 0.717) is 12.1 Å². The molecule has 1 aliphatic rings. The number of rotatable bonds is 6. The monoisotopic (exact) mass is 414 g/mol. The molecule has 0 spiro atoms. The van der Waals surface area contributed by atoms with Crippen molar-refractivity contribution in [2.75, 3.05) is 6.54 Å². The average molecular weight is 415 g/mol. The number of benzene rings is 1. The summed E-state index contributed by atoms with van der Waals surface area (Å²) in [4.78, 5) is 4.52. The van der Waals surface area contributed by atoms with Gasteiger partial charge in [0.05, 0.1) is 17.1 Å². The zero-order valence-electron chi connectivity index (χ0n) is 16.2. The van der Waals surface area contributed by atoms with Crippen molar-refractivity contribution in [2.45, 2.75) is 44.0 Å². The predicted octanol–water partition coefficient (Wildman–Crippen LogP) is 3.25. The first-order chi connectivity index (χ1) is 14.0. The lowest BCUT2D eigenvalue weighted by atomic mass is 9.95. The minimum atomic E-state index is -3.71. The molecule has 29 heavy (non-hydrogen) atoms. The lowest BCUT2D eigenvalue weighted by Gasteiger charge is -2.15. The first-order valence-corrected chi connectivity index (χ1v) is 11.2. The van der Waals surface area contributed by atoms with Crippen molar-refractivity contribution in [1.82, 2.24) is 19.5 Å². The standard InChI is InChI=1S/C21H23FN4O2S/c1-15-14-16(22)9-10-20(15)29(27,28)24-12-13-26-19-8-3-2-6-17(19)21(25-26)18-7-4-5-11-23-18/h4-5,7,9-11,14,24H,2-3,6,8,12-13H2,1H3. The Hall–Kier alpha value is -2.58. The second-order valence-electron chi connectivity index (χ2n) is 7.23. The van der Waals surface area contributed by atoms with Crippen LogP contribution in [-0.4, -0.2) is 29.7 Å². The first kappa shape index (κ1) is 19.7. The van der Waals surface area contributed by atoms with Gasteiger partial charge in [-0.15, -0.1) is 0 Å². The lowest BCUT2D eigenvalue weighted by molar-refractivity contribution is 0.538. The van der Waals surface area contributed by atoms with Gasteiger partial charge >= 0.3 is 0 Å². The molecule has 0 saturated heterocycles. The van der Waals surface area contributed by atoms with Crippen LogP contribution in [0.2, 0.25) is 0 Å². The molecule has 0 unspecified atom stereocenters. The first-order valence-electron chi connectivity index (χ1n) is 9.71. The molecule has 0 radical (unpaired) electrons. The van der Waals surface area contributed by atoms with Crippen LogP contribution in [0.1, 0.15) is 29.7 Å². The summed E-state index contributed by atoms with van der Waals surface area (Å²) in [6, 6.07) is 9.43. The highest BCUT2D eigenvalue weighted by Crippen LogP contribution is 2.30. The van der Waals surface area contributed by atoms with Crippen molar-refractivity contribution >= 4 is 10.0 Å². The van der Waals surface area contributed by atoms with E-state index in [1.165, 1.54) is 17.7 Å². The molecule has 6 nitrogen and oxygen atoms in total. The normalized spacial score (nSPS) is 14.0. The van der Waals surface area contributed by atoms with Crippen molar-refractivity contribution in [1.29, 1.82) is 0 Å². The van der Waals surface area contributed by atoms with Gasteiger partial charge in [-0.25, -0.2) is 17.5 Å².